The summed E-state index contributed by atoms with van der Waals surface area (Å²) in [6, 6.07) is 12.9. The zero-order valence-electron chi connectivity index (χ0n) is 18.6. The number of aliphatic imine (C=N–C) groups is 1. The molecule has 0 bridgehead atoms. The van der Waals surface area contributed by atoms with Gasteiger partial charge in [-0.15, -0.1) is 0 Å². The van der Waals surface area contributed by atoms with E-state index in [1.165, 1.54) is 11.3 Å². The van der Waals surface area contributed by atoms with Crippen molar-refractivity contribution >= 4 is 11.9 Å². The van der Waals surface area contributed by atoms with Crippen LogP contribution < -0.4 is 4.90 Å². The van der Waals surface area contributed by atoms with Crippen molar-refractivity contribution in [2.24, 2.45) is 4.99 Å². The van der Waals surface area contributed by atoms with E-state index in [2.05, 4.69) is 58.1 Å². The van der Waals surface area contributed by atoms with Gasteiger partial charge < -0.3 is 14.4 Å². The van der Waals surface area contributed by atoms with Crippen LogP contribution in [0.15, 0.2) is 41.4 Å². The van der Waals surface area contributed by atoms with Gasteiger partial charge in [0.25, 0.3) is 0 Å². The summed E-state index contributed by atoms with van der Waals surface area (Å²) in [5, 5.41) is 0. The molecule has 0 spiro atoms. The molecule has 2 saturated heterocycles. The van der Waals surface area contributed by atoms with Gasteiger partial charge in [0.1, 0.15) is 0 Å². The molecule has 0 amide bonds. The van der Waals surface area contributed by atoms with Crippen molar-refractivity contribution in [2.45, 2.75) is 26.3 Å². The lowest BCUT2D eigenvalue weighted by Gasteiger charge is -2.29. The monoisotopic (exact) mass is 422 g/mol. The Morgan fingerprint density at radius 3 is 2.48 bits per heavy atom. The fraction of sp³-hybridized carbons (Fsp3) is 0.520. The molecule has 3 heterocycles. The molecule has 1 aromatic heterocycles. The smallest absolute Gasteiger partial charge is 0.0812 e. The third-order valence-electron chi connectivity index (χ3n) is 5.84. The normalized spacial score (nSPS) is 18.0. The standard InChI is InChI=1S/C25H34N4O2/c1-21-4-2-5-22(16-21)19-26-20-24-18-25(29-10-14-31-15-11-29)17-23(27-24)6-3-7-28-8-12-30-13-9-28/h2,4-5,16-19H,3,6-15,20H2,1H3. The van der Waals surface area contributed by atoms with E-state index in [1.54, 1.807) is 0 Å². The van der Waals surface area contributed by atoms with E-state index in [0.717, 1.165) is 88.9 Å². The molecule has 0 saturated carbocycles. The Kier molecular flexibility index (Phi) is 8.04. The largest absolute Gasteiger partial charge is 0.379 e. The molecule has 6 heteroatoms. The number of pyridine rings is 1. The summed E-state index contributed by atoms with van der Waals surface area (Å²) in [5.74, 6) is 0. The third kappa shape index (κ3) is 6.86. The minimum Gasteiger partial charge on any atom is -0.379 e. The second-order valence-corrected chi connectivity index (χ2v) is 8.35. The van der Waals surface area contributed by atoms with Gasteiger partial charge in [-0.05, 0) is 44.0 Å². The van der Waals surface area contributed by atoms with Gasteiger partial charge in [-0.2, -0.15) is 0 Å². The molecule has 2 aliphatic rings. The number of hydrogen-bond acceptors (Lipinski definition) is 6. The summed E-state index contributed by atoms with van der Waals surface area (Å²) in [5.41, 5.74) is 5.83. The molecular weight excluding hydrogens is 388 g/mol. The van der Waals surface area contributed by atoms with Gasteiger partial charge in [0.15, 0.2) is 0 Å². The Morgan fingerprint density at radius 2 is 1.71 bits per heavy atom. The van der Waals surface area contributed by atoms with E-state index < -0.39 is 0 Å². The molecule has 0 radical (unpaired) electrons. The highest BCUT2D eigenvalue weighted by atomic mass is 16.5. The maximum atomic E-state index is 5.54. The summed E-state index contributed by atoms with van der Waals surface area (Å²) in [4.78, 5) is 14.5. The molecule has 4 rings (SSSR count). The topological polar surface area (TPSA) is 50.2 Å². The minimum absolute atomic E-state index is 0.600. The number of aromatic nitrogens is 1. The average molecular weight is 423 g/mol. The molecule has 0 N–H and O–H groups in total. The molecular formula is C25H34N4O2. The van der Waals surface area contributed by atoms with Crippen LogP contribution in [0.5, 0.6) is 0 Å². The highest BCUT2D eigenvalue weighted by Crippen LogP contribution is 2.20. The Hall–Kier alpha value is -2.28. The number of nitrogens with zero attached hydrogens (tertiary/aromatic N) is 4. The number of anilines is 1. The van der Waals surface area contributed by atoms with E-state index in [0.29, 0.717) is 6.54 Å². The molecule has 0 atom stereocenters. The maximum absolute atomic E-state index is 5.54. The highest BCUT2D eigenvalue weighted by Gasteiger charge is 2.14. The number of morpholine rings is 2. The SMILES string of the molecule is Cc1cccc(C=NCc2cc(N3CCOCC3)cc(CCCN3CCOCC3)n2)c1. The van der Waals surface area contributed by atoms with Crippen molar-refractivity contribution in [1.82, 2.24) is 9.88 Å². The molecule has 1 aromatic carbocycles. The predicted molar refractivity (Wildman–Crippen MR) is 125 cm³/mol. The second kappa shape index (κ2) is 11.4. The van der Waals surface area contributed by atoms with Crippen LogP contribution in [0.2, 0.25) is 0 Å². The number of hydrogen-bond donors (Lipinski definition) is 0. The van der Waals surface area contributed by atoms with Crippen molar-refractivity contribution in [2.75, 3.05) is 64.1 Å². The molecule has 31 heavy (non-hydrogen) atoms. The van der Waals surface area contributed by atoms with Crippen LogP contribution in [0.3, 0.4) is 0 Å². The molecule has 6 nitrogen and oxygen atoms in total. The zero-order valence-corrected chi connectivity index (χ0v) is 18.6. The summed E-state index contributed by atoms with van der Waals surface area (Å²) in [6.07, 6.45) is 4.06. The second-order valence-electron chi connectivity index (χ2n) is 8.35. The van der Waals surface area contributed by atoms with Gasteiger partial charge >= 0.3 is 0 Å². The predicted octanol–water partition coefficient (Wildman–Crippen LogP) is 3.11. The molecule has 2 fully saturated rings. The van der Waals surface area contributed by atoms with Crippen LogP contribution >= 0.6 is 0 Å². The summed E-state index contributed by atoms with van der Waals surface area (Å²) in [6.45, 7) is 11.0. The molecule has 2 aliphatic heterocycles. The van der Waals surface area contributed by atoms with Gasteiger partial charge in [0, 0.05) is 43.8 Å². The van der Waals surface area contributed by atoms with Gasteiger partial charge in [-0.25, -0.2) is 0 Å². The fourth-order valence-electron chi connectivity index (χ4n) is 4.15. The first-order chi connectivity index (χ1) is 15.3. The highest BCUT2D eigenvalue weighted by molar-refractivity contribution is 5.79. The van der Waals surface area contributed by atoms with Gasteiger partial charge in [0.05, 0.1) is 38.7 Å². The van der Waals surface area contributed by atoms with Crippen molar-refractivity contribution in [3.63, 3.8) is 0 Å². The van der Waals surface area contributed by atoms with E-state index in [9.17, 15) is 0 Å². The van der Waals surface area contributed by atoms with Crippen molar-refractivity contribution in [3.05, 3.63) is 58.9 Å². The number of benzene rings is 1. The van der Waals surface area contributed by atoms with Crippen LogP contribution in [0.25, 0.3) is 0 Å². The minimum atomic E-state index is 0.600. The van der Waals surface area contributed by atoms with E-state index >= 15 is 0 Å². The van der Waals surface area contributed by atoms with E-state index in [1.807, 2.05) is 6.21 Å². The van der Waals surface area contributed by atoms with Crippen LogP contribution in [-0.2, 0) is 22.4 Å². The quantitative estimate of drug-likeness (QED) is 0.612. The summed E-state index contributed by atoms with van der Waals surface area (Å²) in [7, 11) is 0. The van der Waals surface area contributed by atoms with Crippen LogP contribution in [0.1, 0.15) is 28.9 Å². The maximum Gasteiger partial charge on any atom is 0.0812 e. The Bertz CT molecular complexity index is 858. The Morgan fingerprint density at radius 1 is 0.968 bits per heavy atom. The molecule has 0 unspecified atom stereocenters. The van der Waals surface area contributed by atoms with Crippen molar-refractivity contribution in [1.29, 1.82) is 0 Å². The first-order valence-electron chi connectivity index (χ1n) is 11.5. The van der Waals surface area contributed by atoms with Gasteiger partial charge in [-0.3, -0.25) is 14.9 Å². The van der Waals surface area contributed by atoms with Gasteiger partial charge in [-0.1, -0.05) is 29.8 Å². The van der Waals surface area contributed by atoms with Crippen LogP contribution in [0.4, 0.5) is 5.69 Å². The number of ether oxygens (including phenoxy) is 2. The lowest BCUT2D eigenvalue weighted by atomic mass is 10.1. The lowest BCUT2D eigenvalue weighted by molar-refractivity contribution is 0.0374. The van der Waals surface area contributed by atoms with Crippen molar-refractivity contribution in [3.8, 4) is 0 Å². The number of rotatable bonds is 8. The first kappa shape index (κ1) is 21.9. The van der Waals surface area contributed by atoms with Gasteiger partial charge in [0.2, 0.25) is 0 Å². The summed E-state index contributed by atoms with van der Waals surface area (Å²) >= 11 is 0. The molecule has 166 valence electrons. The Balaban J connectivity index is 1.43. The lowest BCUT2D eigenvalue weighted by Crippen LogP contribution is -2.37. The van der Waals surface area contributed by atoms with E-state index in [-0.39, 0.29) is 0 Å². The number of aryl methyl sites for hydroxylation is 2. The molecule has 2 aromatic rings. The Labute approximate surface area is 185 Å². The summed E-state index contributed by atoms with van der Waals surface area (Å²) < 4.78 is 11.0. The zero-order chi connectivity index (χ0) is 21.3. The van der Waals surface area contributed by atoms with Crippen molar-refractivity contribution < 1.29 is 9.47 Å². The fourth-order valence-corrected chi connectivity index (χ4v) is 4.15. The third-order valence-corrected chi connectivity index (χ3v) is 5.84. The van der Waals surface area contributed by atoms with Crippen LogP contribution in [0, 0.1) is 6.92 Å². The first-order valence-corrected chi connectivity index (χ1v) is 11.5. The average Bonchev–Trinajstić information content (AvgIpc) is 2.80. The van der Waals surface area contributed by atoms with E-state index in [4.69, 9.17) is 14.5 Å². The molecule has 0 aliphatic carbocycles. The van der Waals surface area contributed by atoms with Crippen LogP contribution in [-0.4, -0.2) is 75.2 Å².